The number of nitrogens with zero attached hydrogens (tertiary/aromatic N) is 4. The van der Waals surface area contributed by atoms with E-state index in [0.717, 1.165) is 19.4 Å². The Balaban J connectivity index is 0.00000338. The number of hydrogen-bond donors (Lipinski definition) is 2. The van der Waals surface area contributed by atoms with E-state index < -0.39 is 10.0 Å². The number of guanidine groups is 1. The quantitative estimate of drug-likeness (QED) is 0.329. The molecule has 2 rings (SSSR count). The lowest BCUT2D eigenvalue weighted by atomic mass is 10.1. The summed E-state index contributed by atoms with van der Waals surface area (Å²) < 4.78 is 30.8. The monoisotopic (exact) mass is 500 g/mol. The second-order valence-electron chi connectivity index (χ2n) is 6.06. The van der Waals surface area contributed by atoms with Gasteiger partial charge in [-0.1, -0.05) is 12.1 Å². The lowest BCUT2D eigenvalue weighted by Crippen LogP contribution is -2.50. The Morgan fingerprint density at radius 2 is 2.04 bits per heavy atom. The first kappa shape index (κ1) is 23.1. The number of sulfonamides is 1. The van der Waals surface area contributed by atoms with E-state index in [1.807, 2.05) is 13.8 Å². The lowest BCUT2D eigenvalue weighted by Gasteiger charge is -2.32. The molecule has 1 aliphatic heterocycles. The maximum Gasteiger partial charge on any atom is 0.223 e. The van der Waals surface area contributed by atoms with Crippen molar-refractivity contribution in [1.82, 2.24) is 25.1 Å². The SMILES string of the molecule is CCCS(=O)(=O)N1CCC(NC(=NCc2noc(C)n2)NCC)CC1.I. The molecule has 0 aromatic carbocycles. The minimum absolute atomic E-state index is 0. The first-order valence-corrected chi connectivity index (χ1v) is 10.4. The molecule has 150 valence electrons. The maximum absolute atomic E-state index is 12.1. The van der Waals surface area contributed by atoms with Crippen LogP contribution >= 0.6 is 24.0 Å². The first-order valence-electron chi connectivity index (χ1n) is 8.76. The van der Waals surface area contributed by atoms with Crippen LogP contribution in [-0.2, 0) is 16.6 Å². The van der Waals surface area contributed by atoms with Gasteiger partial charge in [-0.2, -0.15) is 4.98 Å². The summed E-state index contributed by atoms with van der Waals surface area (Å²) in [6, 6.07) is 0.192. The molecule has 11 heteroatoms. The summed E-state index contributed by atoms with van der Waals surface area (Å²) in [4.78, 5) is 8.60. The third kappa shape index (κ3) is 6.99. The topological polar surface area (TPSA) is 113 Å². The van der Waals surface area contributed by atoms with Crippen LogP contribution in [0.4, 0.5) is 0 Å². The highest BCUT2D eigenvalue weighted by molar-refractivity contribution is 14.0. The fraction of sp³-hybridized carbons (Fsp3) is 0.800. The van der Waals surface area contributed by atoms with Crippen LogP contribution in [0.1, 0.15) is 44.8 Å². The normalized spacial score (nSPS) is 17.0. The average Bonchev–Trinajstić information content (AvgIpc) is 2.99. The van der Waals surface area contributed by atoms with Crippen molar-refractivity contribution in [2.75, 3.05) is 25.4 Å². The van der Waals surface area contributed by atoms with Crippen LogP contribution in [0.2, 0.25) is 0 Å². The zero-order chi connectivity index (χ0) is 18.3. The summed E-state index contributed by atoms with van der Waals surface area (Å²) in [7, 11) is -3.11. The molecule has 2 N–H and O–H groups in total. The Hall–Kier alpha value is -0.950. The second kappa shape index (κ2) is 11.0. The highest BCUT2D eigenvalue weighted by Crippen LogP contribution is 2.15. The van der Waals surface area contributed by atoms with E-state index in [9.17, 15) is 8.42 Å². The number of hydrogen-bond acceptors (Lipinski definition) is 6. The van der Waals surface area contributed by atoms with Gasteiger partial charge in [0.2, 0.25) is 15.9 Å². The van der Waals surface area contributed by atoms with Gasteiger partial charge in [-0.3, -0.25) is 0 Å². The van der Waals surface area contributed by atoms with Crippen LogP contribution in [0.3, 0.4) is 0 Å². The minimum Gasteiger partial charge on any atom is -0.357 e. The van der Waals surface area contributed by atoms with Crippen LogP contribution < -0.4 is 10.6 Å². The molecule has 0 spiro atoms. The molecule has 0 bridgehead atoms. The number of halogens is 1. The molecule has 0 saturated carbocycles. The van der Waals surface area contributed by atoms with E-state index in [1.54, 1.807) is 11.2 Å². The molecule has 0 atom stereocenters. The Kier molecular flexibility index (Phi) is 9.79. The van der Waals surface area contributed by atoms with Gasteiger partial charge in [0.15, 0.2) is 11.8 Å². The van der Waals surface area contributed by atoms with E-state index >= 15 is 0 Å². The van der Waals surface area contributed by atoms with E-state index in [1.165, 1.54) is 0 Å². The van der Waals surface area contributed by atoms with Gasteiger partial charge >= 0.3 is 0 Å². The third-order valence-corrected chi connectivity index (χ3v) is 6.02. The Labute approximate surface area is 172 Å². The summed E-state index contributed by atoms with van der Waals surface area (Å²) in [6.07, 6.45) is 2.16. The van der Waals surface area contributed by atoms with Gasteiger partial charge in [0.05, 0.1) is 5.75 Å². The number of aromatic nitrogens is 2. The van der Waals surface area contributed by atoms with Crippen LogP contribution in [0, 0.1) is 6.92 Å². The van der Waals surface area contributed by atoms with Crippen molar-refractivity contribution in [2.24, 2.45) is 4.99 Å². The minimum atomic E-state index is -3.11. The molecule has 0 amide bonds. The smallest absolute Gasteiger partial charge is 0.223 e. The highest BCUT2D eigenvalue weighted by Gasteiger charge is 2.27. The zero-order valence-electron chi connectivity index (χ0n) is 15.6. The Bertz CT molecular complexity index is 671. The molecule has 9 nitrogen and oxygen atoms in total. The van der Waals surface area contributed by atoms with Crippen LogP contribution in [0.25, 0.3) is 0 Å². The molecular weight excluding hydrogens is 471 g/mol. The van der Waals surface area contributed by atoms with E-state index in [-0.39, 0.29) is 35.8 Å². The molecule has 2 heterocycles. The first-order chi connectivity index (χ1) is 11.9. The van der Waals surface area contributed by atoms with Crippen molar-refractivity contribution in [2.45, 2.75) is 52.6 Å². The number of rotatable bonds is 7. The van der Waals surface area contributed by atoms with E-state index in [0.29, 0.717) is 43.7 Å². The summed E-state index contributed by atoms with van der Waals surface area (Å²) in [5.74, 6) is 1.96. The largest absolute Gasteiger partial charge is 0.357 e. The van der Waals surface area contributed by atoms with Gasteiger partial charge in [0.1, 0.15) is 6.54 Å². The van der Waals surface area contributed by atoms with Gasteiger partial charge < -0.3 is 15.2 Å². The van der Waals surface area contributed by atoms with E-state index in [4.69, 9.17) is 4.52 Å². The van der Waals surface area contributed by atoms with Crippen molar-refractivity contribution < 1.29 is 12.9 Å². The van der Waals surface area contributed by atoms with Crippen LogP contribution in [0.5, 0.6) is 0 Å². The predicted octanol–water partition coefficient (Wildman–Crippen LogP) is 1.26. The summed E-state index contributed by atoms with van der Waals surface area (Å²) in [5.41, 5.74) is 0. The molecule has 1 aliphatic rings. The van der Waals surface area contributed by atoms with Gasteiger partial charge in [-0.25, -0.2) is 17.7 Å². The number of aryl methyl sites for hydroxylation is 1. The Morgan fingerprint density at radius 1 is 1.35 bits per heavy atom. The fourth-order valence-corrected chi connectivity index (χ4v) is 4.28. The molecule has 26 heavy (non-hydrogen) atoms. The molecular formula is C15H29IN6O3S. The van der Waals surface area contributed by atoms with Crippen molar-refractivity contribution in [3.63, 3.8) is 0 Å². The van der Waals surface area contributed by atoms with Crippen molar-refractivity contribution in [3.8, 4) is 0 Å². The standard InChI is InChI=1S/C15H28N6O3S.HI/c1-4-10-25(22,23)21-8-6-13(7-9-21)19-15(16-5-2)17-11-14-18-12(3)24-20-14;/h13H,4-11H2,1-3H3,(H2,16,17,19);1H. The van der Waals surface area contributed by atoms with Crippen LogP contribution in [-0.4, -0.2) is 60.3 Å². The molecule has 0 aliphatic carbocycles. The highest BCUT2D eigenvalue weighted by atomic mass is 127. The average molecular weight is 500 g/mol. The zero-order valence-corrected chi connectivity index (χ0v) is 18.7. The maximum atomic E-state index is 12.1. The van der Waals surface area contributed by atoms with Crippen molar-refractivity contribution in [3.05, 3.63) is 11.7 Å². The summed E-state index contributed by atoms with van der Waals surface area (Å²) >= 11 is 0. The van der Waals surface area contributed by atoms with Crippen LogP contribution in [0.15, 0.2) is 9.52 Å². The van der Waals surface area contributed by atoms with Gasteiger partial charge in [-0.05, 0) is 26.2 Å². The third-order valence-electron chi connectivity index (χ3n) is 3.94. The van der Waals surface area contributed by atoms with Gasteiger partial charge in [-0.15, -0.1) is 24.0 Å². The van der Waals surface area contributed by atoms with Crippen molar-refractivity contribution in [1.29, 1.82) is 0 Å². The molecule has 1 fully saturated rings. The molecule has 0 unspecified atom stereocenters. The molecule has 1 aromatic heterocycles. The van der Waals surface area contributed by atoms with Crippen molar-refractivity contribution >= 4 is 40.0 Å². The number of piperidine rings is 1. The predicted molar refractivity (Wildman–Crippen MR) is 111 cm³/mol. The lowest BCUT2D eigenvalue weighted by molar-refractivity contribution is 0.306. The number of aliphatic imine (C=N–C) groups is 1. The van der Waals surface area contributed by atoms with Gasteiger partial charge in [0.25, 0.3) is 0 Å². The fourth-order valence-electron chi connectivity index (χ4n) is 2.73. The number of nitrogens with one attached hydrogen (secondary N) is 2. The Morgan fingerprint density at radius 3 is 2.58 bits per heavy atom. The summed E-state index contributed by atoms with van der Waals surface area (Å²) in [5, 5.41) is 10.4. The van der Waals surface area contributed by atoms with Gasteiger partial charge in [0, 0.05) is 32.6 Å². The molecule has 1 aromatic rings. The molecule has 0 radical (unpaired) electrons. The second-order valence-corrected chi connectivity index (χ2v) is 8.15. The molecule has 1 saturated heterocycles. The summed E-state index contributed by atoms with van der Waals surface area (Å²) in [6.45, 7) is 7.78. The van der Waals surface area contributed by atoms with E-state index in [2.05, 4.69) is 25.8 Å².